The van der Waals surface area contributed by atoms with Crippen LogP contribution in [-0.2, 0) is 28.6 Å². The highest BCUT2D eigenvalue weighted by atomic mass is 16.6. The summed E-state index contributed by atoms with van der Waals surface area (Å²) in [5.74, 6) is -1.78. The molecule has 2 unspecified atom stereocenters. The molecule has 8 heteroatoms. The van der Waals surface area contributed by atoms with Crippen molar-refractivity contribution in [3.05, 3.63) is 36.5 Å². The molecule has 0 rings (SSSR count). The smallest absolute Gasteiger partial charge is 0.306 e. The maximum Gasteiger partial charge on any atom is 0.306 e. The van der Waals surface area contributed by atoms with Crippen molar-refractivity contribution in [1.29, 1.82) is 0 Å². The van der Waals surface area contributed by atoms with E-state index >= 15 is 0 Å². The van der Waals surface area contributed by atoms with Crippen LogP contribution in [0.4, 0.5) is 0 Å². The van der Waals surface area contributed by atoms with E-state index in [0.717, 1.165) is 64.2 Å². The summed E-state index contributed by atoms with van der Waals surface area (Å²) in [5, 5.41) is 11.6. The minimum atomic E-state index is -1.13. The van der Waals surface area contributed by atoms with Gasteiger partial charge in [-0.05, 0) is 64.2 Å². The molecule has 0 aromatic heterocycles. The summed E-state index contributed by atoms with van der Waals surface area (Å²) in [6, 6.07) is -0.729. The van der Waals surface area contributed by atoms with E-state index < -0.39 is 18.1 Å². The van der Waals surface area contributed by atoms with Crippen molar-refractivity contribution in [3.8, 4) is 0 Å². The molecule has 302 valence electrons. The second-order valence-corrected chi connectivity index (χ2v) is 15.2. The normalized spacial score (nSPS) is 13.3. The van der Waals surface area contributed by atoms with Crippen molar-refractivity contribution < 1.29 is 38.2 Å². The topological polar surface area (TPSA) is 102 Å². The van der Waals surface area contributed by atoms with E-state index in [9.17, 15) is 19.5 Å². The number of carbonyl (C=O) groups is 3. The predicted octanol–water partition coefficient (Wildman–Crippen LogP) is 9.74. The quantitative estimate of drug-likeness (QED) is 0.0206. The first-order chi connectivity index (χ1) is 25.1. The van der Waals surface area contributed by atoms with Gasteiger partial charge in [-0.25, -0.2) is 0 Å². The highest BCUT2D eigenvalue weighted by Crippen LogP contribution is 2.13. The lowest BCUT2D eigenvalue weighted by Gasteiger charge is -2.34. The average Bonchev–Trinajstić information content (AvgIpc) is 3.09. The van der Waals surface area contributed by atoms with Gasteiger partial charge < -0.3 is 28.6 Å². The Morgan fingerprint density at radius 1 is 0.577 bits per heavy atom. The molecule has 2 atom stereocenters. The fourth-order valence-electron chi connectivity index (χ4n) is 5.94. The molecule has 0 N–H and O–H groups in total. The molecular formula is C44H79NO7. The first kappa shape index (κ1) is 49.6. The zero-order chi connectivity index (χ0) is 38.5. The molecule has 0 amide bonds. The number of carboxylic acids is 1. The number of ether oxygens (including phenoxy) is 3. The summed E-state index contributed by atoms with van der Waals surface area (Å²) in [4.78, 5) is 36.7. The molecule has 0 bridgehead atoms. The molecule has 0 aromatic carbocycles. The fraction of sp³-hybridized carbons (Fsp3) is 0.795. The highest BCUT2D eigenvalue weighted by molar-refractivity contribution is 5.70. The van der Waals surface area contributed by atoms with E-state index in [2.05, 4.69) is 50.3 Å². The van der Waals surface area contributed by atoms with Crippen LogP contribution in [0.3, 0.4) is 0 Å². The van der Waals surface area contributed by atoms with Crippen LogP contribution in [0.5, 0.6) is 0 Å². The van der Waals surface area contributed by atoms with Gasteiger partial charge >= 0.3 is 11.9 Å². The first-order valence-corrected chi connectivity index (χ1v) is 21.0. The van der Waals surface area contributed by atoms with Gasteiger partial charge in [0.05, 0.1) is 40.3 Å². The molecule has 8 nitrogen and oxygen atoms in total. The minimum Gasteiger partial charge on any atom is -0.544 e. The third-order valence-electron chi connectivity index (χ3n) is 9.28. The number of rotatable bonds is 37. The number of carbonyl (C=O) groups excluding carboxylic acids is 3. The number of allylic oxidation sites excluding steroid dienone is 6. The van der Waals surface area contributed by atoms with Gasteiger partial charge in [0.1, 0.15) is 12.6 Å². The molecule has 0 spiro atoms. The van der Waals surface area contributed by atoms with Crippen LogP contribution >= 0.6 is 0 Å². The van der Waals surface area contributed by atoms with Gasteiger partial charge in [0.2, 0.25) is 0 Å². The van der Waals surface area contributed by atoms with E-state index in [0.29, 0.717) is 12.8 Å². The van der Waals surface area contributed by atoms with Gasteiger partial charge in [0, 0.05) is 19.3 Å². The van der Waals surface area contributed by atoms with Crippen LogP contribution in [0.25, 0.3) is 0 Å². The third-order valence-corrected chi connectivity index (χ3v) is 9.28. The van der Waals surface area contributed by atoms with Crippen molar-refractivity contribution in [3.63, 3.8) is 0 Å². The lowest BCUT2D eigenvalue weighted by atomic mass is 10.1. The Balaban J connectivity index is 4.42. The molecule has 0 aliphatic carbocycles. The molecule has 0 heterocycles. The van der Waals surface area contributed by atoms with Crippen molar-refractivity contribution in [1.82, 2.24) is 0 Å². The maximum atomic E-state index is 12.7. The van der Waals surface area contributed by atoms with Crippen LogP contribution in [-0.4, -0.2) is 75.5 Å². The highest BCUT2D eigenvalue weighted by Gasteiger charge is 2.25. The van der Waals surface area contributed by atoms with Gasteiger partial charge in [-0.1, -0.05) is 127 Å². The van der Waals surface area contributed by atoms with Crippen molar-refractivity contribution in [2.75, 3.05) is 41.0 Å². The van der Waals surface area contributed by atoms with Crippen LogP contribution in [0.2, 0.25) is 0 Å². The van der Waals surface area contributed by atoms with Crippen molar-refractivity contribution in [2.24, 2.45) is 0 Å². The van der Waals surface area contributed by atoms with Gasteiger partial charge in [0.25, 0.3) is 0 Å². The lowest BCUT2D eigenvalue weighted by molar-refractivity contribution is -0.889. The molecule has 0 saturated heterocycles. The molecule has 0 aromatic rings. The van der Waals surface area contributed by atoms with Crippen LogP contribution < -0.4 is 5.11 Å². The largest absolute Gasteiger partial charge is 0.544 e. The SMILES string of the molecule is CCCCC/C=C/CCCCCCCC(=O)OC(COCCC(C(=O)[O-])[N+](C)(C)C)COC(=O)CCCCC/C=C/C=C/CCCCCCCCC. The number of hydrogen-bond acceptors (Lipinski definition) is 7. The number of aliphatic carboxylic acids is 1. The molecule has 0 aliphatic heterocycles. The van der Waals surface area contributed by atoms with Crippen molar-refractivity contribution in [2.45, 2.75) is 187 Å². The molecule has 0 aliphatic rings. The Labute approximate surface area is 319 Å². The Hall–Kier alpha value is -2.45. The van der Waals surface area contributed by atoms with E-state index in [1.807, 2.05) is 0 Å². The Bertz CT molecular complexity index is 953. The minimum absolute atomic E-state index is 0.0295. The Kier molecular flexibility index (Phi) is 33.9. The van der Waals surface area contributed by atoms with Gasteiger partial charge in [-0.15, -0.1) is 0 Å². The number of esters is 2. The molecular weight excluding hydrogens is 654 g/mol. The van der Waals surface area contributed by atoms with E-state index in [-0.39, 0.29) is 42.7 Å². The number of quaternary nitrogens is 1. The Morgan fingerprint density at radius 2 is 1.02 bits per heavy atom. The zero-order valence-electron chi connectivity index (χ0n) is 34.2. The second-order valence-electron chi connectivity index (χ2n) is 15.2. The summed E-state index contributed by atoms with van der Waals surface area (Å²) < 4.78 is 17.1. The monoisotopic (exact) mass is 734 g/mol. The number of likely N-dealkylation sites (N-methyl/N-ethyl adjacent to an activating group) is 1. The number of carboxylic acid groups (broad SMARTS) is 1. The third kappa shape index (κ3) is 33.4. The van der Waals surface area contributed by atoms with Crippen LogP contribution in [0, 0.1) is 0 Å². The van der Waals surface area contributed by atoms with Gasteiger partial charge in [0.15, 0.2) is 6.10 Å². The fourth-order valence-corrected chi connectivity index (χ4v) is 5.94. The zero-order valence-corrected chi connectivity index (χ0v) is 34.2. The number of unbranched alkanes of at least 4 members (excludes halogenated alkanes) is 18. The lowest BCUT2D eigenvalue weighted by Crippen LogP contribution is -2.55. The molecule has 52 heavy (non-hydrogen) atoms. The van der Waals surface area contributed by atoms with E-state index in [1.54, 1.807) is 21.1 Å². The second kappa shape index (κ2) is 35.6. The number of hydrogen-bond donors (Lipinski definition) is 0. The van der Waals surface area contributed by atoms with Gasteiger partial charge in [-0.2, -0.15) is 0 Å². The maximum absolute atomic E-state index is 12.7. The Morgan fingerprint density at radius 3 is 1.56 bits per heavy atom. The van der Waals surface area contributed by atoms with Crippen LogP contribution in [0.15, 0.2) is 36.5 Å². The summed E-state index contributed by atoms with van der Waals surface area (Å²) in [7, 11) is 5.39. The molecule has 0 saturated carbocycles. The number of nitrogens with zero attached hydrogens (tertiary/aromatic N) is 1. The summed E-state index contributed by atoms with van der Waals surface area (Å²) in [6.07, 6.45) is 38.8. The predicted molar refractivity (Wildman–Crippen MR) is 213 cm³/mol. The van der Waals surface area contributed by atoms with E-state index in [4.69, 9.17) is 14.2 Å². The summed E-state index contributed by atoms with van der Waals surface area (Å²) in [6.45, 7) is 4.59. The van der Waals surface area contributed by atoms with E-state index in [1.165, 1.54) is 77.0 Å². The van der Waals surface area contributed by atoms with Crippen LogP contribution in [0.1, 0.15) is 174 Å². The average molecular weight is 734 g/mol. The molecule has 0 fully saturated rings. The summed E-state index contributed by atoms with van der Waals surface area (Å²) in [5.41, 5.74) is 0. The molecule has 0 radical (unpaired) electrons. The van der Waals surface area contributed by atoms with Crippen molar-refractivity contribution >= 4 is 17.9 Å². The first-order valence-electron chi connectivity index (χ1n) is 21.0. The standard InChI is InChI=1S/C44H79NO7/c1-6-8-10-12-14-16-18-20-21-22-23-25-26-28-30-32-34-42(46)51-39-40(38-50-37-36-41(44(48)49)45(3,4)5)52-43(47)35-33-31-29-27-24-19-17-15-13-11-9-7-2/h15,17,21-23,25,40-41H,6-14,16,18-20,24,26-39H2,1-5H3/b17-15+,22-21+,25-23+. The van der Waals surface area contributed by atoms with Gasteiger partial charge in [-0.3, -0.25) is 9.59 Å². The summed E-state index contributed by atoms with van der Waals surface area (Å²) >= 11 is 0.